The number of hydrogen-bond donors (Lipinski definition) is 1. The fourth-order valence-electron chi connectivity index (χ4n) is 2.85. The van der Waals surface area contributed by atoms with Gasteiger partial charge < -0.3 is 5.73 Å². The Morgan fingerprint density at radius 3 is 2.86 bits per heavy atom. The van der Waals surface area contributed by atoms with Crippen LogP contribution in [0.5, 0.6) is 0 Å². The summed E-state index contributed by atoms with van der Waals surface area (Å²) in [6.07, 6.45) is 0.875. The lowest BCUT2D eigenvalue weighted by Crippen LogP contribution is -2.23. The van der Waals surface area contributed by atoms with Gasteiger partial charge in [-0.05, 0) is 46.8 Å². The number of halogens is 2. The molecule has 1 unspecified atom stereocenters. The van der Waals surface area contributed by atoms with E-state index in [0.29, 0.717) is 34.3 Å². The molecule has 1 atom stereocenters. The van der Waals surface area contributed by atoms with Gasteiger partial charge in [-0.2, -0.15) is 0 Å². The van der Waals surface area contributed by atoms with Gasteiger partial charge in [0.15, 0.2) is 5.78 Å². The summed E-state index contributed by atoms with van der Waals surface area (Å²) < 4.78 is 14.1. The zero-order chi connectivity index (χ0) is 15.1. The predicted molar refractivity (Wildman–Crippen MR) is 80.7 cm³/mol. The minimum absolute atomic E-state index is 0.0186. The lowest BCUT2D eigenvalue weighted by Gasteiger charge is -2.25. The van der Waals surface area contributed by atoms with Crippen molar-refractivity contribution in [2.24, 2.45) is 0 Å². The van der Waals surface area contributed by atoms with Crippen molar-refractivity contribution < 1.29 is 9.18 Å². The molecule has 1 aromatic heterocycles. The lowest BCUT2D eigenvalue weighted by molar-refractivity contribution is 0.0962. The van der Waals surface area contributed by atoms with Crippen LogP contribution < -0.4 is 5.73 Å². The van der Waals surface area contributed by atoms with Gasteiger partial charge in [-0.3, -0.25) is 4.79 Å². The highest BCUT2D eigenvalue weighted by Crippen LogP contribution is 2.37. The molecule has 6 heteroatoms. The second kappa shape index (κ2) is 5.18. The van der Waals surface area contributed by atoms with Gasteiger partial charge in [0.2, 0.25) is 5.95 Å². The van der Waals surface area contributed by atoms with Gasteiger partial charge in [0, 0.05) is 6.42 Å². The highest BCUT2D eigenvalue weighted by atomic mass is 79.9. The molecule has 0 saturated heterocycles. The van der Waals surface area contributed by atoms with E-state index in [1.54, 1.807) is 13.0 Å². The largest absolute Gasteiger partial charge is 0.368 e. The maximum absolute atomic E-state index is 13.7. The van der Waals surface area contributed by atoms with Crippen molar-refractivity contribution in [2.45, 2.75) is 25.7 Å². The molecule has 0 fully saturated rings. The summed E-state index contributed by atoms with van der Waals surface area (Å²) in [5.74, 6) is -0.291. The van der Waals surface area contributed by atoms with Crippen molar-refractivity contribution >= 4 is 27.7 Å². The van der Waals surface area contributed by atoms with Crippen LogP contribution in [0.4, 0.5) is 10.3 Å². The number of nitrogens with zero attached hydrogens (tertiary/aromatic N) is 2. The van der Waals surface area contributed by atoms with Gasteiger partial charge >= 0.3 is 0 Å². The Morgan fingerprint density at radius 1 is 1.33 bits per heavy atom. The zero-order valence-corrected chi connectivity index (χ0v) is 12.9. The molecular formula is C15H13BrFN3O. The first-order chi connectivity index (χ1) is 9.97. The van der Waals surface area contributed by atoms with E-state index < -0.39 is 0 Å². The summed E-state index contributed by atoms with van der Waals surface area (Å²) in [7, 11) is 0. The molecular weight excluding hydrogens is 337 g/mol. The predicted octanol–water partition coefficient (Wildman–Crippen LogP) is 3.18. The molecule has 0 spiro atoms. The normalized spacial score (nSPS) is 17.7. The Balaban J connectivity index is 2.06. The van der Waals surface area contributed by atoms with E-state index in [2.05, 4.69) is 25.9 Å². The number of carbonyl (C=O) groups is 1. The number of hydrogen-bond acceptors (Lipinski definition) is 4. The number of anilines is 1. The van der Waals surface area contributed by atoms with E-state index in [4.69, 9.17) is 5.73 Å². The summed E-state index contributed by atoms with van der Waals surface area (Å²) in [5, 5.41) is 0. The van der Waals surface area contributed by atoms with E-state index in [0.717, 1.165) is 5.56 Å². The van der Waals surface area contributed by atoms with E-state index in [9.17, 15) is 9.18 Å². The molecule has 1 aliphatic carbocycles. The number of aryl methyl sites for hydroxylation is 1. The van der Waals surface area contributed by atoms with Crippen LogP contribution in [0.25, 0.3) is 0 Å². The van der Waals surface area contributed by atoms with E-state index in [1.165, 1.54) is 6.07 Å². The van der Waals surface area contributed by atoms with Crippen LogP contribution in [0.15, 0.2) is 22.7 Å². The Morgan fingerprint density at radius 2 is 2.10 bits per heavy atom. The molecule has 2 N–H and O–H groups in total. The third-order valence-electron chi connectivity index (χ3n) is 3.75. The second-order valence-electron chi connectivity index (χ2n) is 5.16. The number of Topliss-reactive ketones (excluding diaryl/α,β-unsaturated/α-hetero) is 1. The summed E-state index contributed by atoms with van der Waals surface area (Å²) in [5.41, 5.74) is 8.27. The smallest absolute Gasteiger partial charge is 0.220 e. The molecule has 1 aromatic carbocycles. The fourth-order valence-corrected chi connectivity index (χ4v) is 3.44. The van der Waals surface area contributed by atoms with Crippen molar-refractivity contribution in [1.82, 2.24) is 9.97 Å². The van der Waals surface area contributed by atoms with Gasteiger partial charge in [0.05, 0.1) is 21.4 Å². The highest BCUT2D eigenvalue weighted by Gasteiger charge is 2.30. The minimum atomic E-state index is -0.330. The molecule has 1 aliphatic rings. The first-order valence-corrected chi connectivity index (χ1v) is 7.36. The number of ketones is 1. The Hall–Kier alpha value is -1.82. The van der Waals surface area contributed by atoms with Crippen LogP contribution in [-0.4, -0.2) is 15.8 Å². The number of rotatable bonds is 1. The molecule has 0 amide bonds. The Kier molecular flexibility index (Phi) is 3.49. The summed E-state index contributed by atoms with van der Waals surface area (Å²) in [6, 6.07) is 4.86. The molecule has 108 valence electrons. The zero-order valence-electron chi connectivity index (χ0n) is 11.4. The monoisotopic (exact) mass is 349 g/mol. The topological polar surface area (TPSA) is 68.9 Å². The van der Waals surface area contributed by atoms with E-state index >= 15 is 0 Å². The summed E-state index contributed by atoms with van der Waals surface area (Å²) in [6.45, 7) is 1.76. The number of benzene rings is 1. The van der Waals surface area contributed by atoms with Gasteiger partial charge in [-0.25, -0.2) is 14.4 Å². The van der Waals surface area contributed by atoms with Crippen LogP contribution >= 0.6 is 15.9 Å². The minimum Gasteiger partial charge on any atom is -0.368 e. The molecule has 2 aromatic rings. The van der Waals surface area contributed by atoms with Crippen molar-refractivity contribution in [2.75, 3.05) is 5.73 Å². The fraction of sp³-hybridized carbons (Fsp3) is 0.267. The average Bonchev–Trinajstić information content (AvgIpc) is 2.40. The van der Waals surface area contributed by atoms with Gasteiger partial charge in [-0.1, -0.05) is 12.1 Å². The van der Waals surface area contributed by atoms with Crippen molar-refractivity contribution in [3.8, 4) is 0 Å². The van der Waals surface area contributed by atoms with Gasteiger partial charge in [0.25, 0.3) is 0 Å². The van der Waals surface area contributed by atoms with Crippen LogP contribution in [-0.2, 0) is 6.42 Å². The van der Waals surface area contributed by atoms with Gasteiger partial charge in [-0.15, -0.1) is 0 Å². The standard InChI is InChI=1S/C15H13BrFN3O/c1-7-13-11(20-15(18)19-7)5-8(6-12(13)21)9-3-2-4-10(17)14(9)16/h2-4,8H,5-6H2,1H3,(H2,18,19,20). The van der Waals surface area contributed by atoms with Crippen molar-refractivity contribution in [1.29, 1.82) is 0 Å². The maximum atomic E-state index is 13.7. The molecule has 0 aliphatic heterocycles. The van der Waals surface area contributed by atoms with Crippen molar-refractivity contribution in [3.63, 3.8) is 0 Å². The van der Waals surface area contributed by atoms with E-state index in [-0.39, 0.29) is 23.5 Å². The first kappa shape index (κ1) is 14.1. The van der Waals surface area contributed by atoms with E-state index in [1.807, 2.05) is 6.07 Å². The molecule has 0 bridgehead atoms. The molecule has 0 saturated carbocycles. The molecule has 3 rings (SSSR count). The summed E-state index contributed by atoms with van der Waals surface area (Å²) >= 11 is 3.26. The Bertz CT molecular complexity index is 748. The maximum Gasteiger partial charge on any atom is 0.220 e. The SMILES string of the molecule is Cc1nc(N)nc2c1C(=O)CC(c1cccc(F)c1Br)C2. The number of nitrogen functional groups attached to an aromatic ring is 1. The average molecular weight is 350 g/mol. The third-order valence-corrected chi connectivity index (χ3v) is 4.59. The molecule has 21 heavy (non-hydrogen) atoms. The summed E-state index contributed by atoms with van der Waals surface area (Å²) in [4.78, 5) is 20.6. The number of carbonyl (C=O) groups excluding carboxylic acids is 1. The van der Waals surface area contributed by atoms with Crippen molar-refractivity contribution in [3.05, 3.63) is 51.0 Å². The Labute approximate surface area is 129 Å². The molecule has 1 heterocycles. The van der Waals surface area contributed by atoms with Crippen LogP contribution in [0.1, 0.15) is 39.6 Å². The lowest BCUT2D eigenvalue weighted by atomic mass is 9.81. The number of aromatic nitrogens is 2. The third kappa shape index (κ3) is 2.44. The van der Waals surface area contributed by atoms with Gasteiger partial charge in [0.1, 0.15) is 5.82 Å². The van der Waals surface area contributed by atoms with Crippen LogP contribution in [0.2, 0.25) is 0 Å². The van der Waals surface area contributed by atoms with Crippen LogP contribution in [0.3, 0.4) is 0 Å². The molecule has 4 nitrogen and oxygen atoms in total. The second-order valence-corrected chi connectivity index (χ2v) is 5.95. The quantitative estimate of drug-likeness (QED) is 0.858. The molecule has 0 radical (unpaired) electrons. The highest BCUT2D eigenvalue weighted by molar-refractivity contribution is 9.10. The van der Waals surface area contributed by atoms with Crippen LogP contribution in [0, 0.1) is 12.7 Å². The number of nitrogens with two attached hydrogens (primary N) is 1. The first-order valence-electron chi connectivity index (χ1n) is 6.57. The number of fused-ring (bicyclic) bond motifs is 1.